The molecule has 1 unspecified atom stereocenters. The monoisotopic (exact) mass is 387 g/mol. The summed E-state index contributed by atoms with van der Waals surface area (Å²) in [6.45, 7) is 2.08. The minimum Gasteiger partial charge on any atom is -0.338 e. The number of benzene rings is 2. The molecule has 5 aromatic rings. The Hall–Kier alpha value is -2.93. The van der Waals surface area contributed by atoms with Crippen molar-refractivity contribution in [2.45, 2.75) is 36.1 Å². The number of thioether (sulfide) groups is 1. The van der Waals surface area contributed by atoms with E-state index in [0.29, 0.717) is 11.8 Å². The van der Waals surface area contributed by atoms with Gasteiger partial charge in [0.25, 0.3) is 0 Å². The summed E-state index contributed by atoms with van der Waals surface area (Å²) in [7, 11) is 0. The molecular formula is C21H17N5OS. The van der Waals surface area contributed by atoms with Crippen LogP contribution in [-0.4, -0.2) is 24.5 Å². The van der Waals surface area contributed by atoms with Gasteiger partial charge in [-0.3, -0.25) is 4.40 Å². The summed E-state index contributed by atoms with van der Waals surface area (Å²) in [5, 5.41) is 6.07. The molecule has 0 bridgehead atoms. The fourth-order valence-corrected chi connectivity index (χ4v) is 4.47. The number of hydrogen-bond acceptors (Lipinski definition) is 6. The molecule has 2 aromatic carbocycles. The van der Waals surface area contributed by atoms with Crippen LogP contribution >= 0.6 is 11.8 Å². The van der Waals surface area contributed by atoms with Gasteiger partial charge in [-0.15, -0.1) is 0 Å². The van der Waals surface area contributed by atoms with Crippen molar-refractivity contribution in [2.75, 3.05) is 0 Å². The third-order valence-electron chi connectivity index (χ3n) is 5.14. The quantitative estimate of drug-likeness (QED) is 0.314. The Bertz CT molecular complexity index is 1340. The molecule has 1 aliphatic carbocycles. The van der Waals surface area contributed by atoms with Gasteiger partial charge >= 0.3 is 0 Å². The minimum absolute atomic E-state index is 0.00183. The highest BCUT2D eigenvalue weighted by Crippen LogP contribution is 2.40. The van der Waals surface area contributed by atoms with Crippen LogP contribution < -0.4 is 0 Å². The van der Waals surface area contributed by atoms with Gasteiger partial charge in [-0.25, -0.2) is 9.97 Å². The summed E-state index contributed by atoms with van der Waals surface area (Å²) in [6.07, 6.45) is 2.32. The van der Waals surface area contributed by atoms with E-state index in [1.807, 2.05) is 36.4 Å². The standard InChI is InChI=1S/C21H17N5OS/c1-12(20-24-18(25-27-20)13-10-11-13)28-21-23-15-7-3-2-6-14(15)19-22-16-8-4-5-9-17(16)26(19)21/h2-9,12-13H,10-11H2,1H3. The minimum atomic E-state index is -0.00183. The van der Waals surface area contributed by atoms with E-state index < -0.39 is 0 Å². The molecule has 0 amide bonds. The Morgan fingerprint density at radius 3 is 2.64 bits per heavy atom. The van der Waals surface area contributed by atoms with Crippen LogP contribution in [0.2, 0.25) is 0 Å². The summed E-state index contributed by atoms with van der Waals surface area (Å²) in [5.74, 6) is 1.98. The SMILES string of the molecule is CC(Sc1nc2ccccc2c2nc3ccccc3n12)c1nc(C2CC2)no1. The van der Waals surface area contributed by atoms with E-state index in [-0.39, 0.29) is 5.25 Å². The van der Waals surface area contributed by atoms with E-state index in [1.54, 1.807) is 11.8 Å². The molecule has 0 aliphatic heterocycles. The summed E-state index contributed by atoms with van der Waals surface area (Å²) >= 11 is 1.62. The summed E-state index contributed by atoms with van der Waals surface area (Å²) in [5.41, 5.74) is 3.87. The third kappa shape index (κ3) is 2.50. The van der Waals surface area contributed by atoms with Gasteiger partial charge in [-0.1, -0.05) is 41.2 Å². The van der Waals surface area contributed by atoms with Gasteiger partial charge in [0.1, 0.15) is 5.65 Å². The van der Waals surface area contributed by atoms with E-state index in [0.717, 1.165) is 51.4 Å². The molecule has 28 heavy (non-hydrogen) atoms. The van der Waals surface area contributed by atoms with E-state index in [2.05, 4.69) is 33.6 Å². The predicted molar refractivity (Wildman–Crippen MR) is 109 cm³/mol. The van der Waals surface area contributed by atoms with Crippen LogP contribution in [0.25, 0.3) is 27.6 Å². The Kier molecular flexibility index (Phi) is 3.46. The molecule has 3 aromatic heterocycles. The number of para-hydroxylation sites is 3. The zero-order valence-electron chi connectivity index (χ0n) is 15.2. The average molecular weight is 387 g/mol. The number of aromatic nitrogens is 5. The summed E-state index contributed by atoms with van der Waals surface area (Å²) < 4.78 is 7.67. The highest BCUT2D eigenvalue weighted by Gasteiger charge is 2.30. The second-order valence-corrected chi connectivity index (χ2v) is 8.50. The molecule has 7 heteroatoms. The first-order chi connectivity index (χ1) is 13.8. The molecule has 6 nitrogen and oxygen atoms in total. The maximum atomic E-state index is 5.53. The van der Waals surface area contributed by atoms with Crippen molar-refractivity contribution in [3.63, 3.8) is 0 Å². The lowest BCUT2D eigenvalue weighted by Gasteiger charge is -2.10. The van der Waals surface area contributed by atoms with Gasteiger partial charge in [0.2, 0.25) is 5.89 Å². The van der Waals surface area contributed by atoms with Crippen LogP contribution in [0.15, 0.2) is 58.2 Å². The van der Waals surface area contributed by atoms with Crippen LogP contribution in [0.5, 0.6) is 0 Å². The van der Waals surface area contributed by atoms with Crippen molar-refractivity contribution < 1.29 is 4.52 Å². The second kappa shape index (κ2) is 6.04. The fraction of sp³-hybridized carbons (Fsp3) is 0.238. The van der Waals surface area contributed by atoms with Crippen molar-refractivity contribution in [1.82, 2.24) is 24.5 Å². The van der Waals surface area contributed by atoms with Crippen molar-refractivity contribution in [2.24, 2.45) is 0 Å². The van der Waals surface area contributed by atoms with Crippen molar-refractivity contribution >= 4 is 39.3 Å². The summed E-state index contributed by atoms with van der Waals surface area (Å²) in [6, 6.07) is 16.3. The van der Waals surface area contributed by atoms with Crippen molar-refractivity contribution in [3.8, 4) is 0 Å². The van der Waals surface area contributed by atoms with Gasteiger partial charge in [-0.05, 0) is 44.0 Å². The molecule has 1 fully saturated rings. The van der Waals surface area contributed by atoms with Crippen molar-refractivity contribution in [3.05, 3.63) is 60.2 Å². The first-order valence-corrected chi connectivity index (χ1v) is 10.3. The predicted octanol–water partition coefficient (Wildman–Crippen LogP) is 5.15. The Morgan fingerprint density at radius 2 is 1.79 bits per heavy atom. The smallest absolute Gasteiger partial charge is 0.239 e. The molecular weight excluding hydrogens is 370 g/mol. The molecule has 0 radical (unpaired) electrons. The maximum Gasteiger partial charge on any atom is 0.239 e. The summed E-state index contributed by atoms with van der Waals surface area (Å²) in [4.78, 5) is 14.4. The van der Waals surface area contributed by atoms with Gasteiger partial charge in [0.05, 0.1) is 21.8 Å². The molecule has 0 N–H and O–H groups in total. The lowest BCUT2D eigenvalue weighted by molar-refractivity contribution is 0.374. The lowest BCUT2D eigenvalue weighted by atomic mass is 10.2. The van der Waals surface area contributed by atoms with Crippen LogP contribution in [0.3, 0.4) is 0 Å². The normalized spacial score (nSPS) is 15.6. The van der Waals surface area contributed by atoms with Gasteiger partial charge in [-0.2, -0.15) is 4.98 Å². The van der Waals surface area contributed by atoms with Crippen LogP contribution in [0, 0.1) is 0 Å². The highest BCUT2D eigenvalue weighted by molar-refractivity contribution is 7.99. The third-order valence-corrected chi connectivity index (χ3v) is 6.18. The second-order valence-electron chi connectivity index (χ2n) is 7.20. The molecule has 3 heterocycles. The highest BCUT2D eigenvalue weighted by atomic mass is 32.2. The molecule has 1 atom stereocenters. The van der Waals surface area contributed by atoms with Gasteiger partial charge in [0, 0.05) is 11.3 Å². The molecule has 1 aliphatic rings. The lowest BCUT2D eigenvalue weighted by Crippen LogP contribution is -1.99. The van der Waals surface area contributed by atoms with Crippen LogP contribution in [-0.2, 0) is 0 Å². The van der Waals surface area contributed by atoms with Gasteiger partial charge in [0.15, 0.2) is 11.0 Å². The Balaban J connectivity index is 1.51. The molecule has 1 saturated carbocycles. The van der Waals surface area contributed by atoms with Gasteiger partial charge < -0.3 is 4.52 Å². The molecule has 138 valence electrons. The first kappa shape index (κ1) is 16.1. The zero-order chi connectivity index (χ0) is 18.7. The zero-order valence-corrected chi connectivity index (χ0v) is 16.1. The van der Waals surface area contributed by atoms with E-state index in [9.17, 15) is 0 Å². The van der Waals surface area contributed by atoms with E-state index in [4.69, 9.17) is 14.5 Å². The molecule has 0 spiro atoms. The topological polar surface area (TPSA) is 69.1 Å². The van der Waals surface area contributed by atoms with Crippen LogP contribution in [0.1, 0.15) is 42.6 Å². The largest absolute Gasteiger partial charge is 0.338 e. The van der Waals surface area contributed by atoms with Crippen LogP contribution in [0.4, 0.5) is 0 Å². The molecule has 0 saturated heterocycles. The Labute approximate surface area is 165 Å². The van der Waals surface area contributed by atoms with E-state index >= 15 is 0 Å². The number of fused-ring (bicyclic) bond motifs is 5. The van der Waals surface area contributed by atoms with E-state index in [1.165, 1.54) is 0 Å². The number of rotatable bonds is 4. The van der Waals surface area contributed by atoms with Crippen molar-refractivity contribution in [1.29, 1.82) is 0 Å². The number of imidazole rings is 1. The first-order valence-electron chi connectivity index (χ1n) is 9.44. The Morgan fingerprint density at radius 1 is 1.00 bits per heavy atom. The maximum absolute atomic E-state index is 5.53. The average Bonchev–Trinajstić information content (AvgIpc) is 3.31. The molecule has 6 rings (SSSR count). The fourth-order valence-electron chi connectivity index (χ4n) is 3.52. The number of nitrogens with zero attached hydrogens (tertiary/aromatic N) is 5. The number of hydrogen-bond donors (Lipinski definition) is 0.